The van der Waals surface area contributed by atoms with Crippen molar-refractivity contribution in [3.63, 3.8) is 0 Å². The van der Waals surface area contributed by atoms with Crippen LogP contribution in [0.3, 0.4) is 0 Å². The molecule has 0 heterocycles. The second-order valence-corrected chi connectivity index (χ2v) is 3.86. The number of nitrogens with one attached hydrogen (secondary N) is 1. The van der Waals surface area contributed by atoms with Gasteiger partial charge in [-0.1, -0.05) is 12.1 Å². The van der Waals surface area contributed by atoms with Gasteiger partial charge in [0.1, 0.15) is 5.69 Å². The van der Waals surface area contributed by atoms with E-state index in [4.69, 9.17) is 0 Å². The van der Waals surface area contributed by atoms with Crippen LogP contribution in [0.15, 0.2) is 24.3 Å². The minimum atomic E-state index is -0.367. The highest BCUT2D eigenvalue weighted by Gasteiger charge is 2.10. The summed E-state index contributed by atoms with van der Waals surface area (Å²) in [5.74, 6) is 0. The fourth-order valence-electron chi connectivity index (χ4n) is 1.40. The number of para-hydroxylation sites is 2. The molecule has 0 saturated heterocycles. The number of anilines is 1. The number of nitro benzene ring substituents is 1. The molecule has 0 unspecified atom stereocenters. The van der Waals surface area contributed by atoms with E-state index in [0.717, 1.165) is 19.5 Å². The first-order chi connectivity index (χ1) is 7.61. The first-order valence-electron chi connectivity index (χ1n) is 5.23. The van der Waals surface area contributed by atoms with Crippen molar-refractivity contribution < 1.29 is 4.92 Å². The first kappa shape index (κ1) is 15.7. The highest BCUT2D eigenvalue weighted by molar-refractivity contribution is 5.85. The van der Waals surface area contributed by atoms with E-state index in [0.29, 0.717) is 5.69 Å². The third-order valence-corrected chi connectivity index (χ3v) is 2.20. The monoisotopic (exact) mass is 259 g/mol. The van der Waals surface area contributed by atoms with Crippen molar-refractivity contribution in [2.45, 2.75) is 6.42 Å². The molecule has 0 spiro atoms. The Bertz CT molecular complexity index is 358. The van der Waals surface area contributed by atoms with Crippen LogP contribution < -0.4 is 5.32 Å². The summed E-state index contributed by atoms with van der Waals surface area (Å²) < 4.78 is 0. The number of nitrogens with zero attached hydrogens (tertiary/aromatic N) is 2. The number of rotatable bonds is 6. The molecule has 0 bridgehead atoms. The van der Waals surface area contributed by atoms with Gasteiger partial charge in [0.2, 0.25) is 0 Å². The van der Waals surface area contributed by atoms with Gasteiger partial charge in [0, 0.05) is 12.6 Å². The summed E-state index contributed by atoms with van der Waals surface area (Å²) in [4.78, 5) is 12.4. The zero-order valence-electron chi connectivity index (χ0n) is 10.0. The molecule has 0 radical (unpaired) electrons. The largest absolute Gasteiger partial charge is 0.379 e. The number of hydrogen-bond acceptors (Lipinski definition) is 4. The summed E-state index contributed by atoms with van der Waals surface area (Å²) in [5.41, 5.74) is 0.721. The zero-order valence-corrected chi connectivity index (χ0v) is 10.9. The van der Waals surface area contributed by atoms with Gasteiger partial charge >= 0.3 is 0 Å². The van der Waals surface area contributed by atoms with Crippen molar-refractivity contribution in [3.8, 4) is 0 Å². The van der Waals surface area contributed by atoms with Gasteiger partial charge in [-0.3, -0.25) is 10.1 Å². The lowest BCUT2D eigenvalue weighted by Gasteiger charge is -2.10. The van der Waals surface area contributed by atoms with E-state index in [2.05, 4.69) is 10.2 Å². The zero-order chi connectivity index (χ0) is 12.0. The predicted octanol–water partition coefficient (Wildman–Crippen LogP) is 2.38. The summed E-state index contributed by atoms with van der Waals surface area (Å²) in [6.07, 6.45) is 0.957. The molecule has 0 amide bonds. The fraction of sp³-hybridized carbons (Fsp3) is 0.455. The summed E-state index contributed by atoms with van der Waals surface area (Å²) in [6, 6.07) is 6.70. The average molecular weight is 260 g/mol. The summed E-state index contributed by atoms with van der Waals surface area (Å²) in [7, 11) is 4.01. The molecule has 1 aromatic carbocycles. The Morgan fingerprint density at radius 2 is 2.00 bits per heavy atom. The number of halogens is 1. The molecule has 0 aliphatic carbocycles. The normalized spacial score (nSPS) is 9.82. The van der Waals surface area contributed by atoms with E-state index in [-0.39, 0.29) is 23.0 Å². The van der Waals surface area contributed by atoms with Crippen molar-refractivity contribution in [2.75, 3.05) is 32.5 Å². The van der Waals surface area contributed by atoms with Crippen LogP contribution in [0.2, 0.25) is 0 Å². The van der Waals surface area contributed by atoms with Crippen molar-refractivity contribution in [3.05, 3.63) is 34.4 Å². The molecular formula is C11H18ClN3O2. The van der Waals surface area contributed by atoms with Gasteiger partial charge in [0.15, 0.2) is 0 Å². The molecule has 6 heteroatoms. The smallest absolute Gasteiger partial charge is 0.292 e. The van der Waals surface area contributed by atoms with Crippen molar-refractivity contribution in [1.29, 1.82) is 0 Å². The van der Waals surface area contributed by atoms with Crippen LogP contribution in [0, 0.1) is 10.1 Å². The van der Waals surface area contributed by atoms with Crippen LogP contribution in [0.1, 0.15) is 6.42 Å². The molecule has 5 nitrogen and oxygen atoms in total. The third-order valence-electron chi connectivity index (χ3n) is 2.20. The van der Waals surface area contributed by atoms with E-state index < -0.39 is 0 Å². The quantitative estimate of drug-likeness (QED) is 0.484. The van der Waals surface area contributed by atoms with E-state index in [1.54, 1.807) is 18.2 Å². The molecule has 0 aliphatic rings. The summed E-state index contributed by atoms with van der Waals surface area (Å²) in [6.45, 7) is 1.71. The highest BCUT2D eigenvalue weighted by atomic mass is 35.5. The van der Waals surface area contributed by atoms with E-state index in [9.17, 15) is 10.1 Å². The second-order valence-electron chi connectivity index (χ2n) is 3.86. The molecule has 1 aromatic rings. The average Bonchev–Trinajstić information content (AvgIpc) is 2.24. The lowest BCUT2D eigenvalue weighted by atomic mass is 10.2. The van der Waals surface area contributed by atoms with Crippen LogP contribution in [0.5, 0.6) is 0 Å². The van der Waals surface area contributed by atoms with Crippen molar-refractivity contribution in [2.24, 2.45) is 0 Å². The lowest BCUT2D eigenvalue weighted by Crippen LogP contribution is -2.16. The molecule has 17 heavy (non-hydrogen) atoms. The van der Waals surface area contributed by atoms with Crippen LogP contribution in [-0.2, 0) is 0 Å². The number of hydrogen-bond donors (Lipinski definition) is 1. The second kappa shape index (κ2) is 7.86. The van der Waals surface area contributed by atoms with E-state index >= 15 is 0 Å². The highest BCUT2D eigenvalue weighted by Crippen LogP contribution is 2.22. The Balaban J connectivity index is 0.00000256. The minimum absolute atomic E-state index is 0. The predicted molar refractivity (Wildman–Crippen MR) is 72.0 cm³/mol. The lowest BCUT2D eigenvalue weighted by molar-refractivity contribution is -0.384. The Morgan fingerprint density at radius 1 is 1.35 bits per heavy atom. The van der Waals surface area contributed by atoms with Crippen molar-refractivity contribution >= 4 is 23.8 Å². The maximum Gasteiger partial charge on any atom is 0.292 e. The molecular weight excluding hydrogens is 242 g/mol. The van der Waals surface area contributed by atoms with Crippen LogP contribution >= 0.6 is 12.4 Å². The van der Waals surface area contributed by atoms with Gasteiger partial charge in [-0.15, -0.1) is 12.4 Å². The molecule has 0 fully saturated rings. The molecule has 0 aliphatic heterocycles. The van der Waals surface area contributed by atoms with Crippen LogP contribution in [0.4, 0.5) is 11.4 Å². The topological polar surface area (TPSA) is 58.4 Å². The van der Waals surface area contributed by atoms with Gasteiger partial charge in [0.05, 0.1) is 4.92 Å². The molecule has 0 atom stereocenters. The number of benzene rings is 1. The van der Waals surface area contributed by atoms with Crippen LogP contribution in [-0.4, -0.2) is 37.0 Å². The maximum atomic E-state index is 10.7. The standard InChI is InChI=1S/C11H17N3O2.ClH/c1-13(2)9-5-8-12-10-6-3-4-7-11(10)14(15)16;/h3-4,6-7,12H,5,8-9H2,1-2H3;1H. The molecule has 0 aromatic heterocycles. The Hall–Kier alpha value is -1.33. The Kier molecular flexibility index (Phi) is 7.25. The fourth-order valence-corrected chi connectivity index (χ4v) is 1.40. The van der Waals surface area contributed by atoms with Gasteiger partial charge in [-0.25, -0.2) is 0 Å². The summed E-state index contributed by atoms with van der Waals surface area (Å²) in [5, 5.41) is 13.8. The minimum Gasteiger partial charge on any atom is -0.379 e. The van der Waals surface area contributed by atoms with Crippen LogP contribution in [0.25, 0.3) is 0 Å². The van der Waals surface area contributed by atoms with Gasteiger partial charge in [-0.2, -0.15) is 0 Å². The number of nitro groups is 1. The molecule has 1 N–H and O–H groups in total. The van der Waals surface area contributed by atoms with Gasteiger partial charge in [0.25, 0.3) is 5.69 Å². The Morgan fingerprint density at radius 3 is 2.59 bits per heavy atom. The van der Waals surface area contributed by atoms with Gasteiger partial charge < -0.3 is 10.2 Å². The third kappa shape index (κ3) is 5.51. The van der Waals surface area contributed by atoms with E-state index in [1.165, 1.54) is 6.07 Å². The SMILES string of the molecule is CN(C)CCCNc1ccccc1[N+](=O)[O-].Cl. The maximum absolute atomic E-state index is 10.7. The Labute approximate surface area is 107 Å². The molecule has 0 saturated carbocycles. The summed E-state index contributed by atoms with van der Waals surface area (Å²) >= 11 is 0. The molecule has 96 valence electrons. The van der Waals surface area contributed by atoms with Gasteiger partial charge in [-0.05, 0) is 33.1 Å². The first-order valence-corrected chi connectivity index (χ1v) is 5.23. The molecule has 1 rings (SSSR count). The van der Waals surface area contributed by atoms with Crippen molar-refractivity contribution in [1.82, 2.24) is 4.90 Å². The van der Waals surface area contributed by atoms with E-state index in [1.807, 2.05) is 14.1 Å².